The molecular formula is C20H18N6O2S2. The van der Waals surface area contributed by atoms with Gasteiger partial charge in [-0.2, -0.15) is 15.0 Å². The Morgan fingerprint density at radius 2 is 1.90 bits per heavy atom. The van der Waals surface area contributed by atoms with E-state index in [-0.39, 0.29) is 30.1 Å². The van der Waals surface area contributed by atoms with Crippen LogP contribution in [0.15, 0.2) is 52.9 Å². The quantitative estimate of drug-likeness (QED) is 0.327. The molecule has 0 aliphatic carbocycles. The third kappa shape index (κ3) is 5.02. The molecule has 0 saturated heterocycles. The first-order chi connectivity index (χ1) is 14.6. The van der Waals surface area contributed by atoms with Crippen molar-refractivity contribution in [1.29, 1.82) is 0 Å². The molecule has 8 nitrogen and oxygen atoms in total. The van der Waals surface area contributed by atoms with E-state index in [1.807, 2.05) is 55.5 Å². The predicted molar refractivity (Wildman–Crippen MR) is 119 cm³/mol. The number of thioether (sulfide) groups is 1. The normalized spacial score (nSPS) is 10.8. The molecule has 0 aliphatic heterocycles. The molecule has 2 aromatic carbocycles. The molecule has 10 heteroatoms. The maximum atomic E-state index is 12.1. The summed E-state index contributed by atoms with van der Waals surface area (Å²) in [6.45, 7) is 1.88. The molecule has 0 amide bonds. The van der Waals surface area contributed by atoms with Crippen LogP contribution >= 0.6 is 23.1 Å². The van der Waals surface area contributed by atoms with Crippen LogP contribution in [-0.2, 0) is 16.1 Å². The van der Waals surface area contributed by atoms with E-state index in [9.17, 15) is 4.79 Å². The number of hydrogen-bond acceptors (Lipinski definition) is 10. The van der Waals surface area contributed by atoms with Crippen molar-refractivity contribution < 1.29 is 9.53 Å². The number of fused-ring (bicyclic) bond motifs is 1. The number of rotatable bonds is 7. The fourth-order valence-corrected chi connectivity index (χ4v) is 4.48. The Hall–Kier alpha value is -3.24. The van der Waals surface area contributed by atoms with Gasteiger partial charge in [0.2, 0.25) is 11.9 Å². The lowest BCUT2D eigenvalue weighted by atomic mass is 10.2. The van der Waals surface area contributed by atoms with Gasteiger partial charge in [0.05, 0.1) is 16.0 Å². The monoisotopic (exact) mass is 438 g/mol. The minimum atomic E-state index is -0.383. The zero-order chi connectivity index (χ0) is 20.9. The maximum absolute atomic E-state index is 12.1. The molecule has 152 valence electrons. The molecule has 4 rings (SSSR count). The second-order valence-corrected chi connectivity index (χ2v) is 8.52. The standard InChI is InChI=1S/C20H18N6O2S2/c1-12-6-2-3-7-13(12)22-19-25-16(24-18(21)26-19)10-28-17(27)11-29-20-23-14-8-4-5-9-15(14)30-20/h2-9H,10-11H2,1H3,(H3,21,22,24,25,26). The van der Waals surface area contributed by atoms with Crippen molar-refractivity contribution >= 4 is 56.9 Å². The van der Waals surface area contributed by atoms with E-state index >= 15 is 0 Å². The first kappa shape index (κ1) is 20.0. The molecule has 0 saturated carbocycles. The number of carbonyl (C=O) groups is 1. The number of nitrogens with one attached hydrogen (secondary N) is 1. The summed E-state index contributed by atoms with van der Waals surface area (Å²) in [6.07, 6.45) is 0. The minimum Gasteiger partial charge on any atom is -0.457 e. The molecule has 0 unspecified atom stereocenters. The Labute approximate surface area is 180 Å². The summed E-state index contributed by atoms with van der Waals surface area (Å²) >= 11 is 2.89. The highest BCUT2D eigenvalue weighted by molar-refractivity contribution is 8.01. The number of nitrogen functional groups attached to an aromatic ring is 1. The Morgan fingerprint density at radius 3 is 2.73 bits per heavy atom. The summed E-state index contributed by atoms with van der Waals surface area (Å²) in [5.41, 5.74) is 8.60. The van der Waals surface area contributed by atoms with Crippen LogP contribution < -0.4 is 11.1 Å². The van der Waals surface area contributed by atoms with E-state index in [1.54, 1.807) is 11.3 Å². The number of nitrogens with two attached hydrogens (primary N) is 1. The number of ether oxygens (including phenoxy) is 1. The lowest BCUT2D eigenvalue weighted by Gasteiger charge is -2.09. The van der Waals surface area contributed by atoms with Crippen LogP contribution in [0.1, 0.15) is 11.4 Å². The van der Waals surface area contributed by atoms with Gasteiger partial charge in [-0.3, -0.25) is 4.79 Å². The van der Waals surface area contributed by atoms with Crippen molar-refractivity contribution in [2.24, 2.45) is 0 Å². The van der Waals surface area contributed by atoms with E-state index in [0.717, 1.165) is 25.8 Å². The number of para-hydroxylation sites is 2. The number of aryl methyl sites for hydroxylation is 1. The molecule has 0 spiro atoms. The summed E-state index contributed by atoms with van der Waals surface area (Å²) in [5, 5.41) is 3.11. The zero-order valence-electron chi connectivity index (χ0n) is 16.0. The van der Waals surface area contributed by atoms with Crippen LogP contribution in [0.5, 0.6) is 0 Å². The number of aromatic nitrogens is 4. The second-order valence-electron chi connectivity index (χ2n) is 6.27. The van der Waals surface area contributed by atoms with Gasteiger partial charge in [-0.05, 0) is 30.7 Å². The molecule has 4 aromatic rings. The average molecular weight is 439 g/mol. The average Bonchev–Trinajstić information content (AvgIpc) is 3.15. The van der Waals surface area contributed by atoms with Crippen LogP contribution in [0.4, 0.5) is 17.6 Å². The van der Waals surface area contributed by atoms with Gasteiger partial charge in [-0.1, -0.05) is 42.1 Å². The third-order valence-corrected chi connectivity index (χ3v) is 6.19. The number of hydrogen-bond donors (Lipinski definition) is 2. The Kier molecular flexibility index (Phi) is 6.05. The van der Waals surface area contributed by atoms with Crippen LogP contribution in [-0.4, -0.2) is 31.7 Å². The van der Waals surface area contributed by atoms with Crippen LogP contribution in [0, 0.1) is 6.92 Å². The van der Waals surface area contributed by atoms with E-state index in [0.29, 0.717) is 5.95 Å². The van der Waals surface area contributed by atoms with Gasteiger partial charge in [0.1, 0.15) is 0 Å². The Morgan fingerprint density at radius 1 is 1.10 bits per heavy atom. The van der Waals surface area contributed by atoms with Gasteiger partial charge in [0, 0.05) is 5.69 Å². The fraction of sp³-hybridized carbons (Fsp3) is 0.150. The minimum absolute atomic E-state index is 0.0518. The topological polar surface area (TPSA) is 116 Å². The lowest BCUT2D eigenvalue weighted by molar-refractivity contribution is -0.141. The van der Waals surface area contributed by atoms with E-state index in [4.69, 9.17) is 10.5 Å². The van der Waals surface area contributed by atoms with Crippen molar-refractivity contribution in [3.05, 3.63) is 59.9 Å². The molecule has 0 aliphatic rings. The molecule has 2 heterocycles. The smallest absolute Gasteiger partial charge is 0.316 e. The number of esters is 1. The van der Waals surface area contributed by atoms with Crippen molar-refractivity contribution in [1.82, 2.24) is 19.9 Å². The number of thiazole rings is 1. The molecule has 0 fully saturated rings. The molecule has 30 heavy (non-hydrogen) atoms. The molecule has 0 radical (unpaired) electrons. The summed E-state index contributed by atoms with van der Waals surface area (Å²) in [5.74, 6) is 0.389. The van der Waals surface area contributed by atoms with Gasteiger partial charge in [-0.25, -0.2) is 4.98 Å². The number of anilines is 3. The van der Waals surface area contributed by atoms with Gasteiger partial charge in [0.15, 0.2) is 16.8 Å². The Balaban J connectivity index is 1.34. The second kappa shape index (κ2) is 9.06. The van der Waals surface area contributed by atoms with E-state index in [1.165, 1.54) is 11.8 Å². The maximum Gasteiger partial charge on any atom is 0.316 e. The van der Waals surface area contributed by atoms with Crippen LogP contribution in [0.25, 0.3) is 10.2 Å². The third-order valence-electron chi connectivity index (χ3n) is 4.04. The Bertz CT molecular complexity index is 1160. The van der Waals surface area contributed by atoms with Crippen molar-refractivity contribution in [3.8, 4) is 0 Å². The van der Waals surface area contributed by atoms with Crippen molar-refractivity contribution in [2.75, 3.05) is 16.8 Å². The predicted octanol–water partition coefficient (Wildman–Crippen LogP) is 3.95. The van der Waals surface area contributed by atoms with Gasteiger partial charge < -0.3 is 15.8 Å². The SMILES string of the molecule is Cc1ccccc1Nc1nc(N)nc(COC(=O)CSc2nc3ccccc3s2)n1. The summed E-state index contributed by atoms with van der Waals surface area (Å²) in [7, 11) is 0. The molecule has 3 N–H and O–H groups in total. The lowest BCUT2D eigenvalue weighted by Crippen LogP contribution is -2.12. The number of carbonyl (C=O) groups excluding carboxylic acids is 1. The molecular weight excluding hydrogens is 420 g/mol. The van der Waals surface area contributed by atoms with Crippen LogP contribution in [0.2, 0.25) is 0 Å². The first-order valence-corrected chi connectivity index (χ1v) is 10.8. The first-order valence-electron chi connectivity index (χ1n) is 9.04. The van der Waals surface area contributed by atoms with E-state index < -0.39 is 0 Å². The molecule has 0 atom stereocenters. The highest BCUT2D eigenvalue weighted by Crippen LogP contribution is 2.29. The van der Waals surface area contributed by atoms with Gasteiger partial charge >= 0.3 is 5.97 Å². The number of benzene rings is 2. The summed E-state index contributed by atoms with van der Waals surface area (Å²) in [4.78, 5) is 29.0. The summed E-state index contributed by atoms with van der Waals surface area (Å²) < 4.78 is 7.20. The molecule has 0 bridgehead atoms. The van der Waals surface area contributed by atoms with Crippen LogP contribution in [0.3, 0.4) is 0 Å². The zero-order valence-corrected chi connectivity index (χ0v) is 17.7. The summed E-state index contributed by atoms with van der Waals surface area (Å²) in [6, 6.07) is 15.6. The highest BCUT2D eigenvalue weighted by atomic mass is 32.2. The highest BCUT2D eigenvalue weighted by Gasteiger charge is 2.11. The largest absolute Gasteiger partial charge is 0.457 e. The number of nitrogens with zero attached hydrogens (tertiary/aromatic N) is 4. The van der Waals surface area contributed by atoms with Crippen molar-refractivity contribution in [2.45, 2.75) is 17.9 Å². The fourth-order valence-electron chi connectivity index (χ4n) is 2.61. The van der Waals surface area contributed by atoms with Crippen molar-refractivity contribution in [3.63, 3.8) is 0 Å². The van der Waals surface area contributed by atoms with Gasteiger partial charge in [-0.15, -0.1) is 11.3 Å². The van der Waals surface area contributed by atoms with E-state index in [2.05, 4.69) is 25.3 Å². The molecule has 2 aromatic heterocycles. The van der Waals surface area contributed by atoms with Gasteiger partial charge in [0.25, 0.3) is 0 Å².